The van der Waals surface area contributed by atoms with E-state index in [4.69, 9.17) is 0 Å². The van der Waals surface area contributed by atoms with Crippen LogP contribution in [0.4, 0.5) is 14.6 Å². The van der Waals surface area contributed by atoms with Crippen LogP contribution in [0.15, 0.2) is 22.7 Å². The molecular weight excluding hydrogens is 316 g/mol. The maximum absolute atomic E-state index is 13.8. The number of nitrogens with zero attached hydrogens (tertiary/aromatic N) is 2. The van der Waals surface area contributed by atoms with E-state index in [0.717, 1.165) is 0 Å². The van der Waals surface area contributed by atoms with E-state index in [1.807, 2.05) is 6.92 Å². The number of halogens is 3. The topological polar surface area (TPSA) is 37.8 Å². The van der Waals surface area contributed by atoms with Crippen molar-refractivity contribution in [2.45, 2.75) is 13.8 Å². The first-order chi connectivity index (χ1) is 9.01. The molecule has 6 heteroatoms. The van der Waals surface area contributed by atoms with Gasteiger partial charge in [-0.25, -0.2) is 18.7 Å². The highest BCUT2D eigenvalue weighted by molar-refractivity contribution is 9.10. The summed E-state index contributed by atoms with van der Waals surface area (Å²) in [4.78, 5) is 8.15. The molecule has 0 aliphatic carbocycles. The fourth-order valence-electron chi connectivity index (χ4n) is 1.66. The first-order valence-corrected chi connectivity index (χ1v) is 6.55. The molecule has 0 saturated heterocycles. The summed E-state index contributed by atoms with van der Waals surface area (Å²) in [7, 11) is 0. The SMILES string of the molecule is CCNc1nc(-c2cc(F)cc(Br)c2)nc(C)c1F. The summed E-state index contributed by atoms with van der Waals surface area (Å²) < 4.78 is 27.7. The fourth-order valence-corrected chi connectivity index (χ4v) is 2.12. The molecule has 2 aromatic rings. The Balaban J connectivity index is 2.55. The summed E-state index contributed by atoms with van der Waals surface area (Å²) in [6, 6.07) is 4.34. The van der Waals surface area contributed by atoms with Crippen LogP contribution in [0.3, 0.4) is 0 Å². The second-order valence-corrected chi connectivity index (χ2v) is 4.90. The second kappa shape index (κ2) is 5.61. The van der Waals surface area contributed by atoms with Gasteiger partial charge in [-0.15, -0.1) is 0 Å². The van der Waals surface area contributed by atoms with Gasteiger partial charge in [0.15, 0.2) is 17.5 Å². The Hall–Kier alpha value is -1.56. The molecule has 0 saturated carbocycles. The average molecular weight is 328 g/mol. The molecule has 0 atom stereocenters. The van der Waals surface area contributed by atoms with Gasteiger partial charge in [0.25, 0.3) is 0 Å². The predicted molar refractivity (Wildman–Crippen MR) is 74.0 cm³/mol. The number of hydrogen-bond acceptors (Lipinski definition) is 3. The van der Waals surface area contributed by atoms with Gasteiger partial charge in [-0.3, -0.25) is 0 Å². The first kappa shape index (κ1) is 13.9. The van der Waals surface area contributed by atoms with E-state index in [0.29, 0.717) is 16.6 Å². The van der Waals surface area contributed by atoms with Crippen molar-refractivity contribution in [1.29, 1.82) is 0 Å². The molecule has 0 spiro atoms. The van der Waals surface area contributed by atoms with Crippen LogP contribution in [0.25, 0.3) is 11.4 Å². The highest BCUT2D eigenvalue weighted by Gasteiger charge is 2.13. The lowest BCUT2D eigenvalue weighted by atomic mass is 10.2. The summed E-state index contributed by atoms with van der Waals surface area (Å²) in [6.45, 7) is 3.94. The van der Waals surface area contributed by atoms with Gasteiger partial charge in [-0.2, -0.15) is 0 Å². The van der Waals surface area contributed by atoms with Crippen LogP contribution in [0.2, 0.25) is 0 Å². The Kier molecular flexibility index (Phi) is 4.09. The monoisotopic (exact) mass is 327 g/mol. The Morgan fingerprint density at radius 1 is 1.21 bits per heavy atom. The summed E-state index contributed by atoms with van der Waals surface area (Å²) in [5, 5.41) is 2.82. The zero-order chi connectivity index (χ0) is 14.0. The highest BCUT2D eigenvalue weighted by Crippen LogP contribution is 2.24. The molecule has 0 bridgehead atoms. The first-order valence-electron chi connectivity index (χ1n) is 5.75. The molecule has 0 amide bonds. The molecule has 1 N–H and O–H groups in total. The number of anilines is 1. The highest BCUT2D eigenvalue weighted by atomic mass is 79.9. The maximum Gasteiger partial charge on any atom is 0.186 e. The predicted octanol–water partition coefficient (Wildman–Crippen LogP) is 3.92. The van der Waals surface area contributed by atoms with Gasteiger partial charge in [0, 0.05) is 16.6 Å². The molecule has 0 unspecified atom stereocenters. The minimum absolute atomic E-state index is 0.130. The van der Waals surface area contributed by atoms with Crippen LogP contribution >= 0.6 is 15.9 Å². The molecule has 3 nitrogen and oxygen atoms in total. The van der Waals surface area contributed by atoms with Gasteiger partial charge in [0.05, 0.1) is 5.69 Å². The van der Waals surface area contributed by atoms with Crippen LogP contribution in [-0.4, -0.2) is 16.5 Å². The van der Waals surface area contributed by atoms with E-state index in [-0.39, 0.29) is 17.3 Å². The number of aryl methyl sites for hydroxylation is 1. The van der Waals surface area contributed by atoms with Gasteiger partial charge < -0.3 is 5.32 Å². The molecule has 19 heavy (non-hydrogen) atoms. The molecule has 0 aliphatic rings. The number of hydrogen-bond donors (Lipinski definition) is 1. The van der Waals surface area contributed by atoms with E-state index >= 15 is 0 Å². The Morgan fingerprint density at radius 3 is 2.58 bits per heavy atom. The van der Waals surface area contributed by atoms with Crippen LogP contribution in [0.5, 0.6) is 0 Å². The van der Waals surface area contributed by atoms with E-state index in [2.05, 4.69) is 31.2 Å². The summed E-state index contributed by atoms with van der Waals surface area (Å²) in [6.07, 6.45) is 0. The molecular formula is C13H12BrF2N3. The maximum atomic E-state index is 13.8. The Labute approximate surface area is 118 Å². The third-order valence-corrected chi connectivity index (χ3v) is 2.94. The van der Waals surface area contributed by atoms with E-state index in [1.165, 1.54) is 12.1 Å². The minimum atomic E-state index is -0.485. The van der Waals surface area contributed by atoms with Crippen molar-refractivity contribution in [2.75, 3.05) is 11.9 Å². The molecule has 1 aromatic carbocycles. The fraction of sp³-hybridized carbons (Fsp3) is 0.231. The Morgan fingerprint density at radius 2 is 1.95 bits per heavy atom. The van der Waals surface area contributed by atoms with Crippen molar-refractivity contribution in [1.82, 2.24) is 9.97 Å². The van der Waals surface area contributed by atoms with Gasteiger partial charge in [-0.1, -0.05) is 15.9 Å². The van der Waals surface area contributed by atoms with Gasteiger partial charge in [0.2, 0.25) is 0 Å². The smallest absolute Gasteiger partial charge is 0.186 e. The second-order valence-electron chi connectivity index (χ2n) is 3.98. The molecule has 1 aromatic heterocycles. The molecule has 1 heterocycles. The number of nitrogens with one attached hydrogen (secondary N) is 1. The Bertz CT molecular complexity index is 597. The third kappa shape index (κ3) is 3.07. The third-order valence-electron chi connectivity index (χ3n) is 2.48. The van der Waals surface area contributed by atoms with Crippen LogP contribution in [0, 0.1) is 18.6 Å². The zero-order valence-corrected chi connectivity index (χ0v) is 12.1. The largest absolute Gasteiger partial charge is 0.368 e. The molecule has 0 radical (unpaired) electrons. The van der Waals surface area contributed by atoms with Crippen molar-refractivity contribution in [3.05, 3.63) is 40.0 Å². The average Bonchev–Trinajstić information content (AvgIpc) is 2.33. The van der Waals surface area contributed by atoms with E-state index in [9.17, 15) is 8.78 Å². The van der Waals surface area contributed by atoms with Crippen molar-refractivity contribution in [2.24, 2.45) is 0 Å². The quantitative estimate of drug-likeness (QED) is 0.928. The van der Waals surface area contributed by atoms with Gasteiger partial charge >= 0.3 is 0 Å². The summed E-state index contributed by atoms with van der Waals surface area (Å²) in [5.74, 6) is -0.471. The van der Waals surface area contributed by atoms with Crippen LogP contribution < -0.4 is 5.32 Å². The molecule has 0 fully saturated rings. The van der Waals surface area contributed by atoms with Crippen molar-refractivity contribution >= 4 is 21.7 Å². The van der Waals surface area contributed by atoms with Gasteiger partial charge in [0.1, 0.15) is 5.82 Å². The normalized spacial score (nSPS) is 10.6. The lowest BCUT2D eigenvalue weighted by Crippen LogP contribution is -2.07. The zero-order valence-electron chi connectivity index (χ0n) is 10.5. The van der Waals surface area contributed by atoms with Crippen LogP contribution in [0.1, 0.15) is 12.6 Å². The van der Waals surface area contributed by atoms with E-state index in [1.54, 1.807) is 13.0 Å². The van der Waals surface area contributed by atoms with Crippen molar-refractivity contribution < 1.29 is 8.78 Å². The van der Waals surface area contributed by atoms with Crippen LogP contribution in [-0.2, 0) is 0 Å². The number of aromatic nitrogens is 2. The minimum Gasteiger partial charge on any atom is -0.368 e. The number of rotatable bonds is 3. The molecule has 0 aliphatic heterocycles. The molecule has 2 rings (SSSR count). The van der Waals surface area contributed by atoms with Crippen molar-refractivity contribution in [3.8, 4) is 11.4 Å². The summed E-state index contributed by atoms with van der Waals surface area (Å²) in [5.41, 5.74) is 0.718. The van der Waals surface area contributed by atoms with Crippen molar-refractivity contribution in [3.63, 3.8) is 0 Å². The number of benzene rings is 1. The van der Waals surface area contributed by atoms with E-state index < -0.39 is 11.6 Å². The standard InChI is InChI=1S/C13H12BrF2N3/c1-3-17-13-11(16)7(2)18-12(19-13)8-4-9(14)6-10(15)5-8/h4-6H,3H2,1-2H3,(H,17,18,19). The lowest BCUT2D eigenvalue weighted by Gasteiger charge is -2.09. The molecule has 100 valence electrons. The summed E-state index contributed by atoms with van der Waals surface area (Å²) >= 11 is 3.21. The lowest BCUT2D eigenvalue weighted by molar-refractivity contribution is 0.606. The van der Waals surface area contributed by atoms with Gasteiger partial charge in [-0.05, 0) is 32.0 Å².